The Balaban J connectivity index is 1.87. The van der Waals surface area contributed by atoms with E-state index in [9.17, 15) is 22.8 Å². The Labute approximate surface area is 131 Å². The fraction of sp³-hybridized carbons (Fsp3) is 0.500. The summed E-state index contributed by atoms with van der Waals surface area (Å²) in [6, 6.07) is 4.71. The van der Waals surface area contributed by atoms with Gasteiger partial charge >= 0.3 is 12.1 Å². The first-order valence-electron chi connectivity index (χ1n) is 7.31. The van der Waals surface area contributed by atoms with E-state index in [2.05, 4.69) is 5.32 Å². The first kappa shape index (κ1) is 17.3. The highest BCUT2D eigenvalue weighted by Gasteiger charge is 2.50. The summed E-state index contributed by atoms with van der Waals surface area (Å²) in [5, 5.41) is 11.6. The van der Waals surface area contributed by atoms with Crippen molar-refractivity contribution in [1.82, 2.24) is 5.32 Å². The molecule has 1 atom stereocenters. The third kappa shape index (κ3) is 4.24. The van der Waals surface area contributed by atoms with Crippen LogP contribution in [0.1, 0.15) is 43.2 Å². The van der Waals surface area contributed by atoms with Crippen LogP contribution in [0.3, 0.4) is 0 Å². The van der Waals surface area contributed by atoms with E-state index in [1.807, 2.05) is 0 Å². The number of carbonyl (C=O) groups excluding carboxylic acids is 1. The van der Waals surface area contributed by atoms with Gasteiger partial charge in [-0.15, -0.1) is 0 Å². The van der Waals surface area contributed by atoms with Crippen molar-refractivity contribution in [1.29, 1.82) is 0 Å². The Bertz CT molecular complexity index is 592. The molecule has 1 unspecified atom stereocenters. The number of hydrogen-bond acceptors (Lipinski definition) is 2. The Morgan fingerprint density at radius 3 is 2.26 bits per heavy atom. The molecule has 1 fully saturated rings. The lowest BCUT2D eigenvalue weighted by atomic mass is 9.96. The van der Waals surface area contributed by atoms with Gasteiger partial charge in [-0.2, -0.15) is 13.2 Å². The topological polar surface area (TPSA) is 66.4 Å². The van der Waals surface area contributed by atoms with Crippen molar-refractivity contribution >= 4 is 11.9 Å². The van der Waals surface area contributed by atoms with E-state index in [-0.39, 0.29) is 24.8 Å². The van der Waals surface area contributed by atoms with Gasteiger partial charge in [0.2, 0.25) is 5.91 Å². The minimum absolute atomic E-state index is 0.0981. The molecule has 1 aromatic rings. The van der Waals surface area contributed by atoms with Crippen molar-refractivity contribution in [3.63, 3.8) is 0 Å². The Hall–Kier alpha value is -2.05. The van der Waals surface area contributed by atoms with Crippen LogP contribution in [0.25, 0.3) is 0 Å². The van der Waals surface area contributed by atoms with Crippen molar-refractivity contribution in [3.8, 4) is 0 Å². The van der Waals surface area contributed by atoms with Crippen molar-refractivity contribution < 1.29 is 27.9 Å². The summed E-state index contributed by atoms with van der Waals surface area (Å²) in [4.78, 5) is 22.9. The number of nitrogens with one attached hydrogen (secondary N) is 1. The Morgan fingerprint density at radius 1 is 1.26 bits per heavy atom. The fourth-order valence-electron chi connectivity index (χ4n) is 2.35. The highest BCUT2D eigenvalue weighted by Crippen LogP contribution is 2.45. The third-order valence-electron chi connectivity index (χ3n) is 4.23. The fourth-order valence-corrected chi connectivity index (χ4v) is 2.35. The molecule has 1 aliphatic carbocycles. The van der Waals surface area contributed by atoms with Crippen molar-refractivity contribution in [2.45, 2.75) is 38.3 Å². The smallest absolute Gasteiger partial charge is 0.416 e. The highest BCUT2D eigenvalue weighted by molar-refractivity contribution is 5.81. The van der Waals surface area contributed by atoms with Gasteiger partial charge in [0.15, 0.2) is 0 Å². The maximum Gasteiger partial charge on any atom is 0.416 e. The van der Waals surface area contributed by atoms with Gasteiger partial charge in [0.25, 0.3) is 0 Å². The molecule has 1 aromatic carbocycles. The summed E-state index contributed by atoms with van der Waals surface area (Å²) in [7, 11) is 0. The minimum Gasteiger partial charge on any atom is -0.481 e. The predicted molar refractivity (Wildman–Crippen MR) is 76.8 cm³/mol. The average molecular weight is 329 g/mol. The van der Waals surface area contributed by atoms with Gasteiger partial charge in [-0.25, -0.2) is 0 Å². The summed E-state index contributed by atoms with van der Waals surface area (Å²) < 4.78 is 37.5. The zero-order chi connectivity index (χ0) is 17.3. The first-order valence-corrected chi connectivity index (χ1v) is 7.31. The molecule has 0 bridgehead atoms. The van der Waals surface area contributed by atoms with Crippen molar-refractivity contribution in [2.75, 3.05) is 6.54 Å². The van der Waals surface area contributed by atoms with Crippen LogP contribution in [0, 0.1) is 5.41 Å². The summed E-state index contributed by atoms with van der Waals surface area (Å²) in [5.41, 5.74) is -0.921. The van der Waals surface area contributed by atoms with E-state index in [0.29, 0.717) is 18.4 Å². The van der Waals surface area contributed by atoms with Gasteiger partial charge in [-0.3, -0.25) is 9.59 Å². The third-order valence-corrected chi connectivity index (χ3v) is 4.23. The SMILES string of the molecule is CC(CC(=O)NCC1(C(=O)O)CC1)c1ccc(C(F)(F)F)cc1. The van der Waals surface area contributed by atoms with E-state index < -0.39 is 23.1 Å². The van der Waals surface area contributed by atoms with Gasteiger partial charge in [0.1, 0.15) is 0 Å². The molecule has 0 spiro atoms. The lowest BCUT2D eigenvalue weighted by Gasteiger charge is -2.15. The van der Waals surface area contributed by atoms with E-state index >= 15 is 0 Å². The number of carbonyl (C=O) groups is 2. The molecule has 4 nitrogen and oxygen atoms in total. The molecular weight excluding hydrogens is 311 g/mol. The molecule has 1 amide bonds. The largest absolute Gasteiger partial charge is 0.481 e. The number of carboxylic acid groups (broad SMARTS) is 1. The van der Waals surface area contributed by atoms with Gasteiger partial charge in [-0.05, 0) is 36.5 Å². The summed E-state index contributed by atoms with van der Waals surface area (Å²) >= 11 is 0. The number of halogens is 3. The van der Waals surface area contributed by atoms with E-state index in [0.717, 1.165) is 12.1 Å². The number of amides is 1. The normalized spacial score (nSPS) is 17.4. The zero-order valence-electron chi connectivity index (χ0n) is 12.6. The summed E-state index contributed by atoms with van der Waals surface area (Å²) in [6.45, 7) is 1.84. The molecule has 0 heterocycles. The maximum absolute atomic E-state index is 12.5. The van der Waals surface area contributed by atoms with Crippen LogP contribution in [0.15, 0.2) is 24.3 Å². The van der Waals surface area contributed by atoms with Crippen molar-refractivity contribution in [2.24, 2.45) is 5.41 Å². The molecular formula is C16H18F3NO3. The first-order chi connectivity index (χ1) is 10.6. The van der Waals surface area contributed by atoms with Crippen LogP contribution < -0.4 is 5.32 Å². The van der Waals surface area contributed by atoms with Crippen molar-refractivity contribution in [3.05, 3.63) is 35.4 Å². The molecule has 2 rings (SSSR count). The van der Waals surface area contributed by atoms with Crippen LogP contribution in [0.4, 0.5) is 13.2 Å². The van der Waals surface area contributed by atoms with Crippen LogP contribution >= 0.6 is 0 Å². The molecule has 1 saturated carbocycles. The summed E-state index contributed by atoms with van der Waals surface area (Å²) in [6.07, 6.45) is -3.18. The van der Waals surface area contributed by atoms with Gasteiger partial charge in [0, 0.05) is 13.0 Å². The molecule has 23 heavy (non-hydrogen) atoms. The second-order valence-electron chi connectivity index (χ2n) is 6.09. The Morgan fingerprint density at radius 2 is 1.83 bits per heavy atom. The molecule has 0 saturated heterocycles. The number of alkyl halides is 3. The molecule has 7 heteroatoms. The number of benzene rings is 1. The summed E-state index contributed by atoms with van der Waals surface area (Å²) in [5.74, 6) is -1.46. The lowest BCUT2D eigenvalue weighted by molar-refractivity contribution is -0.143. The lowest BCUT2D eigenvalue weighted by Crippen LogP contribution is -2.34. The predicted octanol–water partition coefficient (Wildman–Crippen LogP) is 3.18. The number of carboxylic acids is 1. The second kappa shape index (κ2) is 6.22. The van der Waals surface area contributed by atoms with E-state index in [1.54, 1.807) is 6.92 Å². The molecule has 1 aliphatic rings. The second-order valence-corrected chi connectivity index (χ2v) is 6.09. The van der Waals surface area contributed by atoms with E-state index in [4.69, 9.17) is 5.11 Å². The number of hydrogen-bond donors (Lipinski definition) is 2. The molecule has 126 valence electrons. The molecule has 0 aromatic heterocycles. The highest BCUT2D eigenvalue weighted by atomic mass is 19.4. The molecule has 2 N–H and O–H groups in total. The van der Waals surface area contributed by atoms with Crippen LogP contribution in [0.5, 0.6) is 0 Å². The van der Waals surface area contributed by atoms with Crippen LogP contribution in [-0.4, -0.2) is 23.5 Å². The van der Waals surface area contributed by atoms with Gasteiger partial charge in [0.05, 0.1) is 11.0 Å². The van der Waals surface area contributed by atoms with Gasteiger partial charge in [-0.1, -0.05) is 19.1 Å². The Kier molecular flexibility index (Phi) is 4.68. The average Bonchev–Trinajstić information content (AvgIpc) is 3.25. The number of rotatable bonds is 6. The van der Waals surface area contributed by atoms with E-state index in [1.165, 1.54) is 12.1 Å². The quantitative estimate of drug-likeness (QED) is 0.842. The number of aliphatic carboxylic acids is 1. The zero-order valence-corrected chi connectivity index (χ0v) is 12.6. The van der Waals surface area contributed by atoms with Crippen LogP contribution in [0.2, 0.25) is 0 Å². The van der Waals surface area contributed by atoms with Gasteiger partial charge < -0.3 is 10.4 Å². The standard InChI is InChI=1S/C16H18F3NO3/c1-10(11-2-4-12(5-3-11)16(17,18)19)8-13(21)20-9-15(6-7-15)14(22)23/h2-5,10H,6-9H2,1H3,(H,20,21)(H,22,23). The van der Waals surface area contributed by atoms with Crippen LogP contribution in [-0.2, 0) is 15.8 Å². The molecule has 0 aliphatic heterocycles. The maximum atomic E-state index is 12.5. The monoisotopic (exact) mass is 329 g/mol. The minimum atomic E-state index is -4.38. The molecule has 0 radical (unpaired) electrons.